The van der Waals surface area contributed by atoms with Crippen LogP contribution >= 0.6 is 0 Å². The second-order valence-electron chi connectivity index (χ2n) is 6.62. The van der Waals surface area contributed by atoms with Crippen molar-refractivity contribution in [3.8, 4) is 11.8 Å². The normalized spacial score (nSPS) is 18.6. The van der Waals surface area contributed by atoms with Crippen LogP contribution < -0.4 is 26.4 Å². The lowest BCUT2D eigenvalue weighted by atomic mass is 10.0. The number of hydrogen-bond acceptors (Lipinski definition) is 8. The maximum atomic E-state index is 12.9. The number of pyridine rings is 1. The minimum Gasteiger partial charge on any atom is -0.485 e. The number of nitrogens with zero attached hydrogens (tertiary/aromatic N) is 4. The zero-order valence-corrected chi connectivity index (χ0v) is 14.6. The molecule has 10 heteroatoms. The number of aromatic nitrogens is 3. The zero-order valence-electron chi connectivity index (χ0n) is 14.6. The number of nitriles is 1. The van der Waals surface area contributed by atoms with Gasteiger partial charge in [-0.25, -0.2) is 4.68 Å². The van der Waals surface area contributed by atoms with Crippen LogP contribution in [0.15, 0.2) is 18.5 Å². The fraction of sp³-hybridized carbons (Fsp3) is 0.412. The molecule has 0 spiro atoms. The van der Waals surface area contributed by atoms with Crippen LogP contribution in [0.4, 0.5) is 17.3 Å². The monoisotopic (exact) mass is 368 g/mol. The fourth-order valence-electron chi connectivity index (χ4n) is 3.12. The Kier molecular flexibility index (Phi) is 4.52. The number of hydrogen-bond donors (Lipinski definition) is 4. The minimum atomic E-state index is -0.385. The van der Waals surface area contributed by atoms with Crippen molar-refractivity contribution in [1.29, 1.82) is 5.26 Å². The number of nitrogen functional groups attached to an aromatic ring is 1. The summed E-state index contributed by atoms with van der Waals surface area (Å²) in [6.45, 7) is 2.68. The van der Waals surface area contributed by atoms with E-state index in [4.69, 9.17) is 15.7 Å². The summed E-state index contributed by atoms with van der Waals surface area (Å²) in [6, 6.07) is 3.88. The lowest BCUT2D eigenvalue weighted by molar-refractivity contribution is 0.102. The molecule has 140 valence electrons. The van der Waals surface area contributed by atoms with Gasteiger partial charge in [-0.2, -0.15) is 10.4 Å². The first-order chi connectivity index (χ1) is 13.2. The Labute approximate surface area is 155 Å². The van der Waals surface area contributed by atoms with Gasteiger partial charge < -0.3 is 26.4 Å². The minimum absolute atomic E-state index is 0.0794. The van der Waals surface area contributed by atoms with E-state index in [1.807, 2.05) is 0 Å². The van der Waals surface area contributed by atoms with Gasteiger partial charge in [-0.3, -0.25) is 9.78 Å². The standard InChI is InChI=1S/C17H20N8O2/c18-3-1-10-5-22-16-14(15(19)24-25(16)9-10)17(26)23-12-8-20-4-2-13(12)27-11-6-21-7-11/h2,4,8,10-11,21-22H,1,5-7,9H2,(H2,19,24)(H,23,26). The first-order valence-corrected chi connectivity index (χ1v) is 8.75. The number of ether oxygens (including phenoxy) is 1. The lowest BCUT2D eigenvalue weighted by Crippen LogP contribution is -2.50. The van der Waals surface area contributed by atoms with Gasteiger partial charge in [0.05, 0.1) is 12.3 Å². The molecule has 4 heterocycles. The van der Waals surface area contributed by atoms with E-state index < -0.39 is 0 Å². The highest BCUT2D eigenvalue weighted by Gasteiger charge is 2.28. The molecule has 0 aromatic carbocycles. The van der Waals surface area contributed by atoms with Crippen LogP contribution in [0.3, 0.4) is 0 Å². The van der Waals surface area contributed by atoms with Gasteiger partial charge in [0.2, 0.25) is 0 Å². The quantitative estimate of drug-likeness (QED) is 0.594. The Morgan fingerprint density at radius 1 is 1.48 bits per heavy atom. The van der Waals surface area contributed by atoms with Crippen LogP contribution in [0.1, 0.15) is 16.8 Å². The predicted octanol–water partition coefficient (Wildman–Crippen LogP) is 0.419. The summed E-state index contributed by atoms with van der Waals surface area (Å²) >= 11 is 0. The Bertz CT molecular complexity index is 899. The Hall–Kier alpha value is -3.32. The summed E-state index contributed by atoms with van der Waals surface area (Å²) in [6.07, 6.45) is 3.65. The number of rotatable bonds is 5. The van der Waals surface area contributed by atoms with Crippen molar-refractivity contribution in [2.45, 2.75) is 19.1 Å². The lowest BCUT2D eigenvalue weighted by Gasteiger charge is -2.28. The molecule has 5 N–H and O–H groups in total. The molecule has 2 aromatic heterocycles. The van der Waals surface area contributed by atoms with Crippen molar-refractivity contribution in [2.75, 3.05) is 36.0 Å². The number of carbonyl (C=O) groups is 1. The summed E-state index contributed by atoms with van der Waals surface area (Å²) in [5.41, 5.74) is 6.75. The summed E-state index contributed by atoms with van der Waals surface area (Å²) < 4.78 is 7.52. The highest BCUT2D eigenvalue weighted by molar-refractivity contribution is 6.11. The average molecular weight is 368 g/mol. The smallest absolute Gasteiger partial charge is 0.263 e. The third-order valence-corrected chi connectivity index (χ3v) is 4.64. The van der Waals surface area contributed by atoms with E-state index in [1.165, 1.54) is 0 Å². The summed E-state index contributed by atoms with van der Waals surface area (Å²) in [5.74, 6) is 1.01. The molecule has 0 aliphatic carbocycles. The molecule has 1 amide bonds. The van der Waals surface area contributed by atoms with Gasteiger partial charge >= 0.3 is 0 Å². The molecule has 0 saturated carbocycles. The highest BCUT2D eigenvalue weighted by atomic mass is 16.5. The molecule has 2 aliphatic heterocycles. The van der Waals surface area contributed by atoms with Crippen molar-refractivity contribution in [1.82, 2.24) is 20.1 Å². The molecule has 1 atom stereocenters. The second kappa shape index (κ2) is 7.13. The predicted molar refractivity (Wildman–Crippen MR) is 98.3 cm³/mol. The van der Waals surface area contributed by atoms with E-state index in [9.17, 15) is 4.79 Å². The van der Waals surface area contributed by atoms with Gasteiger partial charge in [-0.05, 0) is 0 Å². The van der Waals surface area contributed by atoms with Crippen LogP contribution in [0.5, 0.6) is 5.75 Å². The maximum Gasteiger partial charge on any atom is 0.263 e. The maximum absolute atomic E-state index is 12.9. The van der Waals surface area contributed by atoms with Crippen molar-refractivity contribution in [3.05, 3.63) is 24.0 Å². The van der Waals surface area contributed by atoms with E-state index >= 15 is 0 Å². The molecule has 1 fully saturated rings. The number of amides is 1. The molecule has 4 rings (SSSR count). The Balaban J connectivity index is 1.54. The molecule has 2 aromatic rings. The Morgan fingerprint density at radius 2 is 2.33 bits per heavy atom. The van der Waals surface area contributed by atoms with Crippen LogP contribution in [-0.4, -0.2) is 46.4 Å². The topological polar surface area (TPSA) is 143 Å². The van der Waals surface area contributed by atoms with E-state index in [-0.39, 0.29) is 29.3 Å². The Morgan fingerprint density at radius 3 is 3.07 bits per heavy atom. The van der Waals surface area contributed by atoms with Gasteiger partial charge in [0.15, 0.2) is 5.82 Å². The van der Waals surface area contributed by atoms with Crippen molar-refractivity contribution >= 4 is 23.2 Å². The summed E-state index contributed by atoms with van der Waals surface area (Å²) in [5, 5.41) is 22.2. The number of fused-ring (bicyclic) bond motifs is 1. The SMILES string of the molecule is N#CCC1CNc2c(C(=O)Nc3cnccc3OC3CNC3)c(N)nn2C1. The molecule has 27 heavy (non-hydrogen) atoms. The van der Waals surface area contributed by atoms with Crippen LogP contribution in [0.25, 0.3) is 0 Å². The van der Waals surface area contributed by atoms with Crippen LogP contribution in [-0.2, 0) is 6.54 Å². The number of anilines is 3. The number of carbonyl (C=O) groups excluding carboxylic acids is 1. The average Bonchev–Trinajstić information content (AvgIpc) is 2.94. The highest BCUT2D eigenvalue weighted by Crippen LogP contribution is 2.30. The van der Waals surface area contributed by atoms with Crippen LogP contribution in [0.2, 0.25) is 0 Å². The van der Waals surface area contributed by atoms with Gasteiger partial charge in [0, 0.05) is 50.8 Å². The molecular weight excluding hydrogens is 348 g/mol. The van der Waals surface area contributed by atoms with Gasteiger partial charge in [0.1, 0.15) is 28.9 Å². The van der Waals surface area contributed by atoms with Gasteiger partial charge in [0.25, 0.3) is 5.91 Å². The second-order valence-corrected chi connectivity index (χ2v) is 6.62. The van der Waals surface area contributed by atoms with Crippen molar-refractivity contribution < 1.29 is 9.53 Å². The summed E-state index contributed by atoms with van der Waals surface area (Å²) in [7, 11) is 0. The molecule has 0 bridgehead atoms. The third kappa shape index (κ3) is 3.37. The van der Waals surface area contributed by atoms with E-state index in [0.29, 0.717) is 36.8 Å². The third-order valence-electron chi connectivity index (χ3n) is 4.64. The number of nitrogens with two attached hydrogens (primary N) is 1. The fourth-order valence-corrected chi connectivity index (χ4v) is 3.12. The van der Waals surface area contributed by atoms with Crippen LogP contribution in [0, 0.1) is 17.2 Å². The largest absolute Gasteiger partial charge is 0.485 e. The molecular formula is C17H20N8O2. The van der Waals surface area contributed by atoms with E-state index in [1.54, 1.807) is 23.1 Å². The molecule has 0 radical (unpaired) electrons. The first-order valence-electron chi connectivity index (χ1n) is 8.75. The van der Waals surface area contributed by atoms with E-state index in [0.717, 1.165) is 13.1 Å². The molecule has 2 aliphatic rings. The molecule has 1 saturated heterocycles. The molecule has 1 unspecified atom stereocenters. The van der Waals surface area contributed by atoms with Gasteiger partial charge in [-0.1, -0.05) is 0 Å². The zero-order chi connectivity index (χ0) is 18.8. The van der Waals surface area contributed by atoms with E-state index in [2.05, 4.69) is 32.1 Å². The summed E-state index contributed by atoms with van der Waals surface area (Å²) in [4.78, 5) is 16.9. The number of nitrogens with one attached hydrogen (secondary N) is 3. The van der Waals surface area contributed by atoms with Crippen molar-refractivity contribution in [2.24, 2.45) is 5.92 Å². The molecule has 10 nitrogen and oxygen atoms in total. The van der Waals surface area contributed by atoms with Gasteiger partial charge in [-0.15, -0.1) is 0 Å². The first kappa shape index (κ1) is 17.1. The van der Waals surface area contributed by atoms with Crippen molar-refractivity contribution in [3.63, 3.8) is 0 Å².